The molecule has 0 amide bonds. The van der Waals surface area contributed by atoms with Gasteiger partial charge in [-0.3, -0.25) is 0 Å². The molecule has 0 atom stereocenters. The van der Waals surface area contributed by atoms with E-state index in [9.17, 15) is 9.50 Å². The summed E-state index contributed by atoms with van der Waals surface area (Å²) in [5, 5.41) is 10.6. The molecule has 0 saturated carbocycles. The van der Waals surface area contributed by atoms with Gasteiger partial charge in [0.05, 0.1) is 16.6 Å². The first-order valence-electron chi connectivity index (χ1n) is 6.75. The second kappa shape index (κ2) is 5.37. The van der Waals surface area contributed by atoms with E-state index < -0.39 is 5.82 Å². The Balaban J connectivity index is 2.27. The molecular formula is C16H14ClFN2O. The third kappa shape index (κ3) is 2.47. The summed E-state index contributed by atoms with van der Waals surface area (Å²) in [6.45, 7) is 2.82. The molecule has 0 aliphatic rings. The zero-order chi connectivity index (χ0) is 15.0. The molecule has 0 fully saturated rings. The number of rotatable bonds is 3. The summed E-state index contributed by atoms with van der Waals surface area (Å²) in [6, 6.07) is 9.46. The predicted octanol–water partition coefficient (Wildman–Crippen LogP) is 4.61. The van der Waals surface area contributed by atoms with Crippen LogP contribution in [0.15, 0.2) is 36.4 Å². The van der Waals surface area contributed by atoms with Crippen LogP contribution < -0.4 is 0 Å². The van der Waals surface area contributed by atoms with Crippen LogP contribution in [0.2, 0.25) is 5.02 Å². The highest BCUT2D eigenvalue weighted by Gasteiger charge is 2.15. The maximum absolute atomic E-state index is 13.2. The third-order valence-electron chi connectivity index (χ3n) is 3.36. The molecule has 2 aromatic carbocycles. The van der Waals surface area contributed by atoms with Crippen LogP contribution in [-0.2, 0) is 6.54 Å². The molecule has 21 heavy (non-hydrogen) atoms. The Kier molecular flexibility index (Phi) is 3.55. The number of fused-ring (bicyclic) bond motifs is 1. The Morgan fingerprint density at radius 1 is 1.24 bits per heavy atom. The lowest BCUT2D eigenvalue weighted by molar-refractivity contribution is 0.470. The smallest absolute Gasteiger partial charge is 0.144 e. The van der Waals surface area contributed by atoms with Gasteiger partial charge < -0.3 is 9.67 Å². The van der Waals surface area contributed by atoms with Crippen LogP contribution in [0, 0.1) is 5.82 Å². The van der Waals surface area contributed by atoms with Crippen LogP contribution in [0.3, 0.4) is 0 Å². The average molecular weight is 305 g/mol. The van der Waals surface area contributed by atoms with Gasteiger partial charge in [-0.15, -0.1) is 0 Å². The van der Waals surface area contributed by atoms with Crippen molar-refractivity contribution in [2.24, 2.45) is 0 Å². The number of nitrogens with zero attached hydrogens (tertiary/aromatic N) is 2. The Labute approximate surface area is 126 Å². The Hall–Kier alpha value is -2.07. The number of aryl methyl sites for hydroxylation is 1. The lowest BCUT2D eigenvalue weighted by Gasteiger charge is -2.09. The van der Waals surface area contributed by atoms with Gasteiger partial charge in [0.15, 0.2) is 0 Å². The lowest BCUT2D eigenvalue weighted by atomic mass is 10.2. The molecule has 0 aliphatic heterocycles. The van der Waals surface area contributed by atoms with E-state index in [0.29, 0.717) is 16.4 Å². The molecule has 3 aromatic rings. The quantitative estimate of drug-likeness (QED) is 0.767. The van der Waals surface area contributed by atoms with Crippen molar-refractivity contribution in [2.45, 2.75) is 19.9 Å². The van der Waals surface area contributed by atoms with E-state index in [0.717, 1.165) is 30.1 Å². The highest BCUT2D eigenvalue weighted by atomic mass is 35.5. The van der Waals surface area contributed by atoms with Crippen molar-refractivity contribution in [2.75, 3.05) is 0 Å². The summed E-state index contributed by atoms with van der Waals surface area (Å²) in [5.41, 5.74) is 2.21. The monoisotopic (exact) mass is 304 g/mol. The van der Waals surface area contributed by atoms with Crippen molar-refractivity contribution in [1.29, 1.82) is 0 Å². The van der Waals surface area contributed by atoms with Gasteiger partial charge in [0.2, 0.25) is 0 Å². The van der Waals surface area contributed by atoms with E-state index in [1.807, 2.05) is 16.7 Å². The van der Waals surface area contributed by atoms with Crippen LogP contribution in [0.1, 0.15) is 13.3 Å². The van der Waals surface area contributed by atoms with Gasteiger partial charge in [0.25, 0.3) is 0 Å². The molecule has 1 heterocycles. The standard InChI is InChI=1S/C16H14ClFN2O/c1-2-7-20-14-6-3-10(17)8-13(14)19-16(20)12-5-4-11(18)9-15(12)21/h3-6,8-9,21H,2,7H2,1H3. The molecule has 108 valence electrons. The lowest BCUT2D eigenvalue weighted by Crippen LogP contribution is -2.00. The molecule has 1 N–H and O–H groups in total. The molecule has 0 saturated heterocycles. The van der Waals surface area contributed by atoms with E-state index in [2.05, 4.69) is 11.9 Å². The molecule has 0 aliphatic carbocycles. The van der Waals surface area contributed by atoms with Crippen LogP contribution in [0.25, 0.3) is 22.4 Å². The van der Waals surface area contributed by atoms with Gasteiger partial charge in [-0.2, -0.15) is 0 Å². The van der Waals surface area contributed by atoms with E-state index in [4.69, 9.17) is 11.6 Å². The van der Waals surface area contributed by atoms with Crippen molar-refractivity contribution in [3.05, 3.63) is 47.2 Å². The largest absolute Gasteiger partial charge is 0.507 e. The summed E-state index contributed by atoms with van der Waals surface area (Å²) >= 11 is 6.01. The molecule has 0 unspecified atom stereocenters. The number of aromatic nitrogens is 2. The zero-order valence-corrected chi connectivity index (χ0v) is 12.2. The minimum Gasteiger partial charge on any atom is -0.507 e. The molecule has 0 spiro atoms. The molecule has 1 aromatic heterocycles. The first kappa shape index (κ1) is 13.9. The normalized spacial score (nSPS) is 11.2. The second-order valence-corrected chi connectivity index (χ2v) is 5.32. The Morgan fingerprint density at radius 3 is 2.76 bits per heavy atom. The first-order chi connectivity index (χ1) is 10.1. The Bertz CT molecular complexity index is 813. The van der Waals surface area contributed by atoms with Gasteiger partial charge in [-0.25, -0.2) is 9.37 Å². The summed E-state index contributed by atoms with van der Waals surface area (Å²) in [4.78, 5) is 4.55. The van der Waals surface area contributed by atoms with Crippen LogP contribution in [0.4, 0.5) is 4.39 Å². The molecule has 0 radical (unpaired) electrons. The van der Waals surface area contributed by atoms with Crippen molar-refractivity contribution in [3.8, 4) is 17.1 Å². The Morgan fingerprint density at radius 2 is 2.05 bits per heavy atom. The van der Waals surface area contributed by atoms with Gasteiger partial charge >= 0.3 is 0 Å². The highest BCUT2D eigenvalue weighted by molar-refractivity contribution is 6.31. The zero-order valence-electron chi connectivity index (χ0n) is 11.5. The number of hydrogen-bond donors (Lipinski definition) is 1. The van der Waals surface area contributed by atoms with E-state index in [-0.39, 0.29) is 5.75 Å². The minimum atomic E-state index is -0.475. The van der Waals surface area contributed by atoms with Crippen molar-refractivity contribution in [3.63, 3.8) is 0 Å². The molecule has 3 nitrogen and oxygen atoms in total. The number of aromatic hydroxyl groups is 1. The molecule has 0 bridgehead atoms. The molecule has 5 heteroatoms. The van der Waals surface area contributed by atoms with Gasteiger partial charge in [-0.05, 0) is 36.8 Å². The average Bonchev–Trinajstić information content (AvgIpc) is 2.77. The maximum atomic E-state index is 13.2. The van der Waals surface area contributed by atoms with Crippen molar-refractivity contribution < 1.29 is 9.50 Å². The van der Waals surface area contributed by atoms with Gasteiger partial charge in [0.1, 0.15) is 17.4 Å². The number of halogens is 2. The summed E-state index contributed by atoms with van der Waals surface area (Å²) in [7, 11) is 0. The topological polar surface area (TPSA) is 38.0 Å². The number of phenolic OH excluding ortho intramolecular Hbond substituents is 1. The summed E-state index contributed by atoms with van der Waals surface area (Å²) in [5.74, 6) is 0.0258. The fourth-order valence-electron chi connectivity index (χ4n) is 2.45. The number of benzene rings is 2. The number of phenols is 1. The van der Waals surface area contributed by atoms with Crippen molar-refractivity contribution >= 4 is 22.6 Å². The second-order valence-electron chi connectivity index (χ2n) is 4.88. The SMILES string of the molecule is CCCn1c(-c2ccc(F)cc2O)nc2cc(Cl)ccc21. The fraction of sp³-hybridized carbons (Fsp3) is 0.188. The number of hydrogen-bond acceptors (Lipinski definition) is 2. The van der Waals surface area contributed by atoms with Crippen molar-refractivity contribution in [1.82, 2.24) is 9.55 Å². The van der Waals surface area contributed by atoms with Gasteiger partial charge in [0, 0.05) is 17.6 Å². The minimum absolute atomic E-state index is 0.117. The predicted molar refractivity (Wildman–Crippen MR) is 82.1 cm³/mol. The van der Waals surface area contributed by atoms with Crippen LogP contribution in [-0.4, -0.2) is 14.7 Å². The molecular weight excluding hydrogens is 291 g/mol. The molecule has 3 rings (SSSR count). The van der Waals surface area contributed by atoms with Crippen LogP contribution >= 0.6 is 11.6 Å². The fourth-order valence-corrected chi connectivity index (χ4v) is 2.62. The van der Waals surface area contributed by atoms with E-state index in [1.165, 1.54) is 6.07 Å². The first-order valence-corrected chi connectivity index (χ1v) is 7.12. The highest BCUT2D eigenvalue weighted by Crippen LogP contribution is 2.32. The van der Waals surface area contributed by atoms with E-state index >= 15 is 0 Å². The van der Waals surface area contributed by atoms with Gasteiger partial charge in [-0.1, -0.05) is 18.5 Å². The summed E-state index contributed by atoms with van der Waals surface area (Å²) < 4.78 is 15.2. The van der Waals surface area contributed by atoms with E-state index in [1.54, 1.807) is 12.1 Å². The third-order valence-corrected chi connectivity index (χ3v) is 3.59. The van der Waals surface area contributed by atoms with Crippen LogP contribution in [0.5, 0.6) is 5.75 Å². The number of imidazole rings is 1. The maximum Gasteiger partial charge on any atom is 0.144 e. The summed E-state index contributed by atoms with van der Waals surface area (Å²) in [6.07, 6.45) is 0.920.